The molecule has 7 heteroatoms. The van der Waals surface area contributed by atoms with E-state index < -0.39 is 29.5 Å². The molecule has 124 valence electrons. The molecule has 1 fully saturated rings. The Kier molecular flexibility index (Phi) is 4.58. The zero-order valence-corrected chi connectivity index (χ0v) is 13.7. The van der Waals surface area contributed by atoms with Crippen molar-refractivity contribution < 1.29 is 18.4 Å². The number of para-hydroxylation sites is 1. The number of carbonyl (C=O) groups excluding carboxylic acids is 2. The standard InChI is InChI=1S/C17H15F2N2O2P/c18-11-3-1-2-4-13(11)21-17(23)15-10(8-20-16(15)22)9-5-6-12(19)14(24)7-9/h1-7,10,15H,8,24H2,(H,20,22)(H,21,23). The van der Waals surface area contributed by atoms with E-state index in [-0.39, 0.29) is 18.0 Å². The third kappa shape index (κ3) is 3.15. The summed E-state index contributed by atoms with van der Waals surface area (Å²) in [4.78, 5) is 24.6. The summed E-state index contributed by atoms with van der Waals surface area (Å²) < 4.78 is 27.1. The van der Waals surface area contributed by atoms with Crippen molar-refractivity contribution in [2.45, 2.75) is 5.92 Å². The van der Waals surface area contributed by atoms with Gasteiger partial charge in [-0.25, -0.2) is 8.78 Å². The Labute approximate surface area is 139 Å². The molecule has 0 aromatic heterocycles. The molecule has 1 heterocycles. The molecule has 0 radical (unpaired) electrons. The number of amides is 2. The van der Waals surface area contributed by atoms with Crippen LogP contribution >= 0.6 is 9.24 Å². The van der Waals surface area contributed by atoms with E-state index in [4.69, 9.17) is 0 Å². The van der Waals surface area contributed by atoms with Gasteiger partial charge in [-0.3, -0.25) is 9.59 Å². The Morgan fingerprint density at radius 3 is 2.62 bits per heavy atom. The van der Waals surface area contributed by atoms with E-state index in [2.05, 4.69) is 19.9 Å². The third-order valence-corrected chi connectivity index (χ3v) is 4.49. The van der Waals surface area contributed by atoms with E-state index in [1.807, 2.05) is 0 Å². The van der Waals surface area contributed by atoms with E-state index in [1.165, 1.54) is 24.3 Å². The molecule has 0 saturated carbocycles. The molecule has 0 bridgehead atoms. The van der Waals surface area contributed by atoms with Crippen molar-refractivity contribution in [2.75, 3.05) is 11.9 Å². The molecule has 2 aromatic rings. The van der Waals surface area contributed by atoms with Gasteiger partial charge in [-0.05, 0) is 29.8 Å². The van der Waals surface area contributed by atoms with Crippen LogP contribution in [0.3, 0.4) is 0 Å². The van der Waals surface area contributed by atoms with Crippen molar-refractivity contribution in [3.8, 4) is 0 Å². The van der Waals surface area contributed by atoms with Gasteiger partial charge in [0, 0.05) is 17.8 Å². The molecule has 3 rings (SSSR count). The summed E-state index contributed by atoms with van der Waals surface area (Å²) in [5.41, 5.74) is 0.695. The SMILES string of the molecule is O=C1NCC(c2ccc(F)c(P)c2)C1C(=O)Nc1ccccc1F. The minimum Gasteiger partial charge on any atom is -0.355 e. The first-order valence-electron chi connectivity index (χ1n) is 7.35. The molecule has 1 saturated heterocycles. The van der Waals surface area contributed by atoms with Crippen LogP contribution in [0.2, 0.25) is 0 Å². The normalized spacial score (nSPS) is 19.9. The highest BCUT2D eigenvalue weighted by atomic mass is 31.0. The van der Waals surface area contributed by atoms with E-state index in [0.717, 1.165) is 0 Å². The smallest absolute Gasteiger partial charge is 0.237 e. The number of anilines is 1. The second-order valence-corrected chi connectivity index (χ2v) is 6.20. The highest BCUT2D eigenvalue weighted by molar-refractivity contribution is 7.27. The average molecular weight is 348 g/mol. The van der Waals surface area contributed by atoms with Crippen LogP contribution in [0.1, 0.15) is 11.5 Å². The summed E-state index contributed by atoms with van der Waals surface area (Å²) in [6, 6.07) is 10.2. The second-order valence-electron chi connectivity index (χ2n) is 5.58. The van der Waals surface area contributed by atoms with Gasteiger partial charge >= 0.3 is 0 Å². The number of nitrogens with one attached hydrogen (secondary N) is 2. The minimum atomic E-state index is -1.00. The largest absolute Gasteiger partial charge is 0.355 e. The van der Waals surface area contributed by atoms with E-state index in [1.54, 1.807) is 18.2 Å². The Hall–Kier alpha value is -2.33. The van der Waals surface area contributed by atoms with Crippen molar-refractivity contribution >= 4 is 32.0 Å². The van der Waals surface area contributed by atoms with Gasteiger partial charge < -0.3 is 10.6 Å². The van der Waals surface area contributed by atoms with Gasteiger partial charge in [0.15, 0.2) is 0 Å². The number of benzene rings is 2. The quantitative estimate of drug-likeness (QED) is 0.658. The van der Waals surface area contributed by atoms with Gasteiger partial charge in [0.05, 0.1) is 5.69 Å². The molecular formula is C17H15F2N2O2P. The Morgan fingerprint density at radius 2 is 1.92 bits per heavy atom. The summed E-state index contributed by atoms with van der Waals surface area (Å²) in [5, 5.41) is 5.45. The van der Waals surface area contributed by atoms with Crippen molar-refractivity contribution in [1.29, 1.82) is 0 Å². The molecule has 3 atom stereocenters. The lowest BCUT2D eigenvalue weighted by Crippen LogP contribution is -2.32. The molecular weight excluding hydrogens is 333 g/mol. The number of hydrogen-bond donors (Lipinski definition) is 2. The predicted molar refractivity (Wildman–Crippen MR) is 90.0 cm³/mol. The van der Waals surface area contributed by atoms with Gasteiger partial charge in [0.2, 0.25) is 11.8 Å². The van der Waals surface area contributed by atoms with Gasteiger partial charge in [0.1, 0.15) is 17.6 Å². The number of halogens is 2. The van der Waals surface area contributed by atoms with Gasteiger partial charge in [-0.2, -0.15) is 0 Å². The zero-order chi connectivity index (χ0) is 17.3. The van der Waals surface area contributed by atoms with Crippen molar-refractivity contribution in [2.24, 2.45) is 5.92 Å². The van der Waals surface area contributed by atoms with Crippen molar-refractivity contribution in [3.05, 3.63) is 59.7 Å². The van der Waals surface area contributed by atoms with Crippen LogP contribution in [-0.4, -0.2) is 18.4 Å². The molecule has 4 nitrogen and oxygen atoms in total. The summed E-state index contributed by atoms with van der Waals surface area (Å²) in [6.45, 7) is 0.268. The first kappa shape index (κ1) is 16.5. The molecule has 1 aliphatic rings. The van der Waals surface area contributed by atoms with E-state index in [9.17, 15) is 18.4 Å². The number of rotatable bonds is 3. The Balaban J connectivity index is 1.86. The topological polar surface area (TPSA) is 58.2 Å². The lowest BCUT2D eigenvalue weighted by Gasteiger charge is -2.17. The zero-order valence-electron chi connectivity index (χ0n) is 12.6. The van der Waals surface area contributed by atoms with Crippen LogP contribution in [-0.2, 0) is 9.59 Å². The Bertz CT molecular complexity index is 813. The lowest BCUT2D eigenvalue weighted by molar-refractivity contribution is -0.130. The fourth-order valence-electron chi connectivity index (χ4n) is 2.80. The fraction of sp³-hybridized carbons (Fsp3) is 0.176. The molecule has 1 aliphatic heterocycles. The maximum atomic E-state index is 13.7. The highest BCUT2D eigenvalue weighted by Crippen LogP contribution is 2.30. The first-order chi connectivity index (χ1) is 11.5. The van der Waals surface area contributed by atoms with Crippen molar-refractivity contribution in [3.63, 3.8) is 0 Å². The summed E-state index contributed by atoms with van der Waals surface area (Å²) >= 11 is 0. The van der Waals surface area contributed by atoms with Crippen LogP contribution in [0.25, 0.3) is 0 Å². The van der Waals surface area contributed by atoms with Crippen LogP contribution in [0, 0.1) is 17.6 Å². The second kappa shape index (κ2) is 6.65. The summed E-state index contributed by atoms with van der Waals surface area (Å²) in [7, 11) is 2.28. The summed E-state index contributed by atoms with van der Waals surface area (Å²) in [6.07, 6.45) is 0. The van der Waals surface area contributed by atoms with Gasteiger partial charge in [-0.1, -0.05) is 18.2 Å². The minimum absolute atomic E-state index is 0.0202. The average Bonchev–Trinajstić information content (AvgIpc) is 2.94. The van der Waals surface area contributed by atoms with Gasteiger partial charge in [-0.15, -0.1) is 9.24 Å². The maximum absolute atomic E-state index is 13.7. The maximum Gasteiger partial charge on any atom is 0.237 e. The van der Waals surface area contributed by atoms with Crippen LogP contribution in [0.15, 0.2) is 42.5 Å². The van der Waals surface area contributed by atoms with Crippen molar-refractivity contribution in [1.82, 2.24) is 5.32 Å². The molecule has 24 heavy (non-hydrogen) atoms. The lowest BCUT2D eigenvalue weighted by atomic mass is 9.88. The molecule has 2 aromatic carbocycles. The van der Waals surface area contributed by atoms with E-state index in [0.29, 0.717) is 10.9 Å². The molecule has 2 N–H and O–H groups in total. The fourth-order valence-corrected chi connectivity index (χ4v) is 3.09. The van der Waals surface area contributed by atoms with E-state index >= 15 is 0 Å². The molecule has 0 aliphatic carbocycles. The van der Waals surface area contributed by atoms with Gasteiger partial charge in [0.25, 0.3) is 0 Å². The first-order valence-corrected chi connectivity index (χ1v) is 7.93. The molecule has 0 spiro atoms. The third-order valence-electron chi connectivity index (χ3n) is 4.04. The Morgan fingerprint density at radius 1 is 1.17 bits per heavy atom. The molecule has 3 unspecified atom stereocenters. The summed E-state index contributed by atoms with van der Waals surface area (Å²) in [5.74, 6) is -3.41. The monoisotopic (exact) mass is 348 g/mol. The van der Waals surface area contributed by atoms with Crippen LogP contribution < -0.4 is 15.9 Å². The highest BCUT2D eigenvalue weighted by Gasteiger charge is 2.41. The number of hydrogen-bond acceptors (Lipinski definition) is 2. The predicted octanol–water partition coefficient (Wildman–Crippen LogP) is 1.93. The number of carbonyl (C=O) groups is 2. The molecule has 2 amide bonds. The van der Waals surface area contributed by atoms with Crippen LogP contribution in [0.4, 0.5) is 14.5 Å². The van der Waals surface area contributed by atoms with Crippen LogP contribution in [0.5, 0.6) is 0 Å².